The first-order valence-corrected chi connectivity index (χ1v) is 7.39. The fourth-order valence-corrected chi connectivity index (χ4v) is 2.56. The third kappa shape index (κ3) is 4.84. The Morgan fingerprint density at radius 1 is 1.21 bits per heavy atom. The molecule has 0 bridgehead atoms. The lowest BCUT2D eigenvalue weighted by atomic mass is 10.1. The average Bonchev–Trinajstić information content (AvgIpc) is 2.95. The van der Waals surface area contributed by atoms with Crippen molar-refractivity contribution < 1.29 is 4.74 Å². The van der Waals surface area contributed by atoms with Crippen LogP contribution in [0.25, 0.3) is 5.32 Å². The Kier molecular flexibility index (Phi) is 6.18. The zero-order valence-corrected chi connectivity index (χ0v) is 12.0. The van der Waals surface area contributed by atoms with Gasteiger partial charge in [-0.1, -0.05) is 18.2 Å². The van der Waals surface area contributed by atoms with Crippen LogP contribution in [0.4, 0.5) is 0 Å². The molecule has 0 N–H and O–H groups in total. The molecule has 0 saturated carbocycles. The van der Waals surface area contributed by atoms with Gasteiger partial charge in [-0.2, -0.15) is 7.05 Å². The van der Waals surface area contributed by atoms with Gasteiger partial charge in [0.25, 0.3) is 0 Å². The lowest BCUT2D eigenvalue weighted by Gasteiger charge is -2.17. The normalized spacial score (nSPS) is 15.8. The van der Waals surface area contributed by atoms with Crippen LogP contribution in [-0.4, -0.2) is 44.7 Å². The Hall–Kier alpha value is -1.06. The average molecular weight is 261 g/mol. The molecule has 0 atom stereocenters. The van der Waals surface area contributed by atoms with Crippen LogP contribution in [0.3, 0.4) is 0 Å². The Bertz CT molecular complexity index is 362. The van der Waals surface area contributed by atoms with Crippen molar-refractivity contribution in [2.24, 2.45) is 0 Å². The molecule has 1 saturated heterocycles. The fraction of sp³-hybridized carbons (Fsp3) is 0.625. The third-order valence-corrected chi connectivity index (χ3v) is 3.65. The number of para-hydroxylation sites is 1. The Labute approximate surface area is 116 Å². The molecule has 2 rings (SSSR count). The first-order valence-electron chi connectivity index (χ1n) is 7.39. The van der Waals surface area contributed by atoms with Crippen molar-refractivity contribution in [2.75, 3.05) is 39.8 Å². The molecule has 106 valence electrons. The van der Waals surface area contributed by atoms with Crippen LogP contribution in [0.2, 0.25) is 0 Å². The van der Waals surface area contributed by atoms with Gasteiger partial charge in [-0.3, -0.25) is 0 Å². The number of hydrogen-bond acceptors (Lipinski definition) is 2. The zero-order chi connectivity index (χ0) is 13.3. The smallest absolute Gasteiger partial charge is 0.122 e. The summed E-state index contributed by atoms with van der Waals surface area (Å²) in [5.41, 5.74) is 1.27. The SMILES string of the molecule is C[N-]CCc1ccccc1OCCCN1CCCC1. The molecule has 1 aromatic carbocycles. The maximum Gasteiger partial charge on any atom is 0.122 e. The van der Waals surface area contributed by atoms with Gasteiger partial charge in [0.2, 0.25) is 0 Å². The molecule has 0 spiro atoms. The van der Waals surface area contributed by atoms with Crippen molar-refractivity contribution >= 4 is 0 Å². The first-order chi connectivity index (χ1) is 9.40. The summed E-state index contributed by atoms with van der Waals surface area (Å²) in [5, 5.41) is 4.16. The molecule has 0 radical (unpaired) electrons. The molecule has 1 aromatic rings. The van der Waals surface area contributed by atoms with E-state index in [1.54, 1.807) is 0 Å². The fourth-order valence-electron chi connectivity index (χ4n) is 2.56. The monoisotopic (exact) mass is 261 g/mol. The van der Waals surface area contributed by atoms with Gasteiger partial charge in [-0.25, -0.2) is 0 Å². The summed E-state index contributed by atoms with van der Waals surface area (Å²) in [6.07, 6.45) is 4.82. The van der Waals surface area contributed by atoms with E-state index in [-0.39, 0.29) is 0 Å². The first kappa shape index (κ1) is 14.4. The maximum absolute atomic E-state index is 5.93. The van der Waals surface area contributed by atoms with Gasteiger partial charge in [-0.05, 0) is 50.4 Å². The second-order valence-electron chi connectivity index (χ2n) is 5.15. The van der Waals surface area contributed by atoms with Crippen molar-refractivity contribution in [1.29, 1.82) is 0 Å². The minimum absolute atomic E-state index is 0.816. The molecule has 0 aromatic heterocycles. The minimum Gasteiger partial charge on any atom is -0.665 e. The highest BCUT2D eigenvalue weighted by molar-refractivity contribution is 5.33. The van der Waals surface area contributed by atoms with E-state index in [4.69, 9.17) is 4.74 Å². The number of nitrogens with zero attached hydrogens (tertiary/aromatic N) is 2. The van der Waals surface area contributed by atoms with Gasteiger partial charge in [-0.15, -0.1) is 6.54 Å². The summed E-state index contributed by atoms with van der Waals surface area (Å²) in [4.78, 5) is 2.53. The Balaban J connectivity index is 1.72. The van der Waals surface area contributed by atoms with E-state index in [2.05, 4.69) is 28.4 Å². The summed E-state index contributed by atoms with van der Waals surface area (Å²) in [6, 6.07) is 8.33. The maximum atomic E-state index is 5.93. The minimum atomic E-state index is 0.816. The van der Waals surface area contributed by atoms with Crippen molar-refractivity contribution in [1.82, 2.24) is 4.90 Å². The third-order valence-electron chi connectivity index (χ3n) is 3.65. The Morgan fingerprint density at radius 2 is 2.00 bits per heavy atom. The molecule has 1 fully saturated rings. The van der Waals surface area contributed by atoms with Crippen molar-refractivity contribution in [3.05, 3.63) is 35.1 Å². The van der Waals surface area contributed by atoms with E-state index in [0.29, 0.717) is 0 Å². The molecule has 1 aliphatic rings. The van der Waals surface area contributed by atoms with Gasteiger partial charge >= 0.3 is 0 Å². The van der Waals surface area contributed by atoms with Crippen LogP contribution >= 0.6 is 0 Å². The summed E-state index contributed by atoms with van der Waals surface area (Å²) < 4.78 is 5.93. The molecule has 0 aliphatic carbocycles. The van der Waals surface area contributed by atoms with Gasteiger partial charge < -0.3 is 15.0 Å². The van der Waals surface area contributed by atoms with Crippen LogP contribution in [0.5, 0.6) is 5.75 Å². The molecule has 3 heteroatoms. The molecular weight excluding hydrogens is 236 g/mol. The summed E-state index contributed by atoms with van der Waals surface area (Å²) in [6.45, 7) is 5.40. The molecule has 0 unspecified atom stereocenters. The predicted molar refractivity (Wildman–Crippen MR) is 80.1 cm³/mol. The topological polar surface area (TPSA) is 26.6 Å². The molecular formula is C16H25N2O-. The molecule has 3 nitrogen and oxygen atoms in total. The second-order valence-corrected chi connectivity index (χ2v) is 5.15. The summed E-state index contributed by atoms with van der Waals surface area (Å²) in [5.74, 6) is 1.03. The molecule has 0 amide bonds. The lowest BCUT2D eigenvalue weighted by molar-refractivity contribution is 0.262. The van der Waals surface area contributed by atoms with Crippen LogP contribution in [-0.2, 0) is 6.42 Å². The molecule has 1 heterocycles. The van der Waals surface area contributed by atoms with Crippen molar-refractivity contribution in [3.63, 3.8) is 0 Å². The van der Waals surface area contributed by atoms with Crippen molar-refractivity contribution in [3.8, 4) is 5.75 Å². The summed E-state index contributed by atoms with van der Waals surface area (Å²) in [7, 11) is 1.86. The van der Waals surface area contributed by atoms with Gasteiger partial charge in [0.1, 0.15) is 5.75 Å². The van der Waals surface area contributed by atoms with E-state index >= 15 is 0 Å². The van der Waals surface area contributed by atoms with Gasteiger partial charge in [0.05, 0.1) is 6.61 Å². The van der Waals surface area contributed by atoms with Crippen LogP contribution in [0.15, 0.2) is 24.3 Å². The standard InChI is InChI=1S/C16H25N2O/c1-17-10-9-15-7-2-3-8-16(15)19-14-6-13-18-11-4-5-12-18/h2-3,7-8H,4-6,9-14H2,1H3/q-1. The highest BCUT2D eigenvalue weighted by Crippen LogP contribution is 2.19. The van der Waals surface area contributed by atoms with Gasteiger partial charge in [0, 0.05) is 6.54 Å². The predicted octanol–water partition coefficient (Wildman–Crippen LogP) is 3.10. The summed E-state index contributed by atoms with van der Waals surface area (Å²) >= 11 is 0. The number of hydrogen-bond donors (Lipinski definition) is 0. The number of likely N-dealkylation sites (N-methyl/N-ethyl adjacent to an activating group) is 1. The van der Waals surface area contributed by atoms with Crippen LogP contribution in [0.1, 0.15) is 24.8 Å². The quantitative estimate of drug-likeness (QED) is 0.672. The number of likely N-dealkylation sites (tertiary alicyclic amines) is 1. The van der Waals surface area contributed by atoms with Crippen LogP contribution < -0.4 is 4.74 Å². The van der Waals surface area contributed by atoms with E-state index in [9.17, 15) is 0 Å². The largest absolute Gasteiger partial charge is 0.665 e. The van der Waals surface area contributed by atoms with Crippen LogP contribution in [0, 0.1) is 0 Å². The van der Waals surface area contributed by atoms with E-state index in [0.717, 1.165) is 31.7 Å². The zero-order valence-electron chi connectivity index (χ0n) is 12.0. The van der Waals surface area contributed by atoms with E-state index in [1.165, 1.54) is 38.0 Å². The Morgan fingerprint density at radius 3 is 2.79 bits per heavy atom. The molecule has 19 heavy (non-hydrogen) atoms. The highest BCUT2D eigenvalue weighted by Gasteiger charge is 2.10. The van der Waals surface area contributed by atoms with E-state index in [1.807, 2.05) is 13.1 Å². The van der Waals surface area contributed by atoms with Gasteiger partial charge in [0.15, 0.2) is 0 Å². The highest BCUT2D eigenvalue weighted by atomic mass is 16.5. The lowest BCUT2D eigenvalue weighted by Crippen LogP contribution is -2.22. The molecule has 1 aliphatic heterocycles. The number of ether oxygens (including phenoxy) is 1. The number of benzene rings is 1. The second kappa shape index (κ2) is 8.18. The van der Waals surface area contributed by atoms with E-state index < -0.39 is 0 Å². The van der Waals surface area contributed by atoms with Crippen molar-refractivity contribution in [2.45, 2.75) is 25.7 Å². The number of rotatable bonds is 8.